The summed E-state index contributed by atoms with van der Waals surface area (Å²) in [4.78, 5) is 5.47. The molecule has 2 fully saturated rings. The molecule has 0 amide bonds. The van der Waals surface area contributed by atoms with Crippen molar-refractivity contribution in [3.63, 3.8) is 0 Å². The summed E-state index contributed by atoms with van der Waals surface area (Å²) in [6, 6.07) is 9.02. The predicted octanol–water partition coefficient (Wildman–Crippen LogP) is 6.91. The Morgan fingerprint density at radius 3 is 2.35 bits per heavy atom. The fourth-order valence-corrected chi connectivity index (χ4v) is 5.43. The molecule has 3 aromatic rings. The number of para-hydroxylation sites is 2. The molecule has 0 spiro atoms. The molecule has 198 valence electrons. The van der Waals surface area contributed by atoms with Gasteiger partial charge in [0.1, 0.15) is 18.0 Å². The predicted molar refractivity (Wildman–Crippen MR) is 122 cm³/mol. The van der Waals surface area contributed by atoms with Gasteiger partial charge in [-0.15, -0.1) is 0 Å². The summed E-state index contributed by atoms with van der Waals surface area (Å²) < 4.78 is 100. The Morgan fingerprint density at radius 2 is 1.68 bits per heavy atom. The molecule has 0 N–H and O–H groups in total. The zero-order chi connectivity index (χ0) is 26.5. The number of hydrogen-bond acceptors (Lipinski definition) is 5. The first-order valence-corrected chi connectivity index (χ1v) is 11.7. The van der Waals surface area contributed by atoms with Gasteiger partial charge in [-0.25, -0.2) is 4.98 Å². The molecule has 2 aromatic carbocycles. The van der Waals surface area contributed by atoms with E-state index in [4.69, 9.17) is 14.2 Å². The molecular formula is C26H24F6N2O3. The van der Waals surface area contributed by atoms with Gasteiger partial charge in [0.2, 0.25) is 0 Å². The third-order valence-electron chi connectivity index (χ3n) is 6.99. The van der Waals surface area contributed by atoms with E-state index < -0.39 is 41.5 Å². The van der Waals surface area contributed by atoms with Crippen LogP contribution in [0.3, 0.4) is 0 Å². The van der Waals surface area contributed by atoms with E-state index in [0.29, 0.717) is 30.0 Å². The van der Waals surface area contributed by atoms with E-state index in [1.165, 1.54) is 26.4 Å². The van der Waals surface area contributed by atoms with Gasteiger partial charge in [-0.1, -0.05) is 30.7 Å². The van der Waals surface area contributed by atoms with E-state index in [1.807, 2.05) is 4.90 Å². The second kappa shape index (κ2) is 9.36. The maximum Gasteiger partial charge on any atom is 0.433 e. The van der Waals surface area contributed by atoms with Crippen LogP contribution in [0.2, 0.25) is 0 Å². The number of benzene rings is 2. The number of rotatable bonds is 4. The van der Waals surface area contributed by atoms with E-state index in [-0.39, 0.29) is 17.0 Å². The Morgan fingerprint density at radius 1 is 0.919 bits per heavy atom. The molecule has 1 unspecified atom stereocenters. The van der Waals surface area contributed by atoms with Crippen molar-refractivity contribution in [1.82, 2.24) is 9.88 Å². The number of piperidine rings is 1. The molecule has 5 nitrogen and oxygen atoms in total. The van der Waals surface area contributed by atoms with Gasteiger partial charge in [0.05, 0.1) is 25.3 Å². The topological polar surface area (TPSA) is 43.8 Å². The number of halogens is 6. The Kier molecular flexibility index (Phi) is 6.47. The number of fused-ring (bicyclic) bond motifs is 2. The molecule has 3 atom stereocenters. The summed E-state index contributed by atoms with van der Waals surface area (Å²) in [5.41, 5.74) is -2.69. The lowest BCUT2D eigenvalue weighted by Crippen LogP contribution is -2.38. The lowest BCUT2D eigenvalue weighted by Gasteiger charge is -2.33. The summed E-state index contributed by atoms with van der Waals surface area (Å²) in [5, 5.41) is -0.0170. The molecule has 0 saturated carbocycles. The summed E-state index contributed by atoms with van der Waals surface area (Å²) in [6.45, 7) is 0.606. The minimum Gasteiger partial charge on any atom is -0.493 e. The van der Waals surface area contributed by atoms with Crippen LogP contribution in [0.1, 0.15) is 54.0 Å². The molecule has 5 rings (SSSR count). The Hall–Kier alpha value is -3.05. The number of methoxy groups -OCH3 is 2. The molecule has 3 heterocycles. The monoisotopic (exact) mass is 526 g/mol. The summed E-state index contributed by atoms with van der Waals surface area (Å²) in [7, 11) is 2.97. The van der Waals surface area contributed by atoms with E-state index in [0.717, 1.165) is 25.0 Å². The molecule has 0 bridgehead atoms. The third-order valence-corrected chi connectivity index (χ3v) is 6.99. The number of pyridine rings is 1. The highest BCUT2D eigenvalue weighted by Gasteiger charge is 2.47. The molecule has 0 radical (unpaired) electrons. The highest BCUT2D eigenvalue weighted by Crippen LogP contribution is 2.51. The molecule has 1 aromatic heterocycles. The van der Waals surface area contributed by atoms with Crippen LogP contribution >= 0.6 is 0 Å². The lowest BCUT2D eigenvalue weighted by molar-refractivity contribution is -0.142. The van der Waals surface area contributed by atoms with Gasteiger partial charge < -0.3 is 14.2 Å². The van der Waals surface area contributed by atoms with Crippen molar-refractivity contribution in [3.8, 4) is 11.5 Å². The number of aromatic nitrogens is 1. The molecular weight excluding hydrogens is 502 g/mol. The first-order chi connectivity index (χ1) is 17.5. The molecule has 37 heavy (non-hydrogen) atoms. The van der Waals surface area contributed by atoms with Crippen LogP contribution in [0.4, 0.5) is 26.3 Å². The van der Waals surface area contributed by atoms with Gasteiger partial charge >= 0.3 is 12.4 Å². The van der Waals surface area contributed by atoms with E-state index >= 15 is 0 Å². The van der Waals surface area contributed by atoms with Crippen molar-refractivity contribution in [1.29, 1.82) is 0 Å². The fourth-order valence-electron chi connectivity index (χ4n) is 5.43. The zero-order valence-corrected chi connectivity index (χ0v) is 20.0. The summed E-state index contributed by atoms with van der Waals surface area (Å²) in [5.74, 6) is 0.888. The fraction of sp³-hybridized carbons (Fsp3) is 0.423. The molecule has 2 saturated heterocycles. The highest BCUT2D eigenvalue weighted by molar-refractivity contribution is 5.86. The first kappa shape index (κ1) is 25.6. The van der Waals surface area contributed by atoms with Gasteiger partial charge in [-0.2, -0.15) is 26.3 Å². The van der Waals surface area contributed by atoms with Crippen LogP contribution in [0.5, 0.6) is 11.5 Å². The van der Waals surface area contributed by atoms with Crippen molar-refractivity contribution in [2.75, 3.05) is 20.8 Å². The average Bonchev–Trinajstić information content (AvgIpc) is 3.25. The minimum absolute atomic E-state index is 0.0170. The Bertz CT molecular complexity index is 1310. The van der Waals surface area contributed by atoms with Crippen LogP contribution in [0, 0.1) is 0 Å². The Labute approximate surface area is 208 Å². The molecule has 2 aliphatic heterocycles. The van der Waals surface area contributed by atoms with Gasteiger partial charge in [-0.05, 0) is 36.6 Å². The maximum atomic E-state index is 13.8. The summed E-state index contributed by atoms with van der Waals surface area (Å²) >= 11 is 0. The number of nitrogens with zero attached hydrogens (tertiary/aromatic N) is 2. The van der Waals surface area contributed by atoms with Crippen LogP contribution < -0.4 is 9.47 Å². The second-order valence-corrected chi connectivity index (χ2v) is 9.09. The SMILES string of the molecule is COc1cccc(C2O[C@@H](c3cc(C(F)(F)F)nc4c(C(F)(F)F)cccc34)[C@H]3CCCCN23)c1OC. The smallest absolute Gasteiger partial charge is 0.433 e. The van der Waals surface area contributed by atoms with Gasteiger partial charge in [-0.3, -0.25) is 4.90 Å². The van der Waals surface area contributed by atoms with Gasteiger partial charge in [0, 0.05) is 23.5 Å². The van der Waals surface area contributed by atoms with E-state index in [9.17, 15) is 26.3 Å². The standard InChI is InChI=1S/C26H24F6N2O3/c1-35-19-11-6-8-15(23(19)36-2)24-34-12-4-3-10-18(34)22(37-24)16-13-20(26(30,31)32)33-21-14(16)7-5-9-17(21)25(27,28)29/h5-9,11,13,18,22,24H,3-4,10,12H2,1-2H3/t18-,22+,24?/m1/s1. The molecule has 2 aliphatic rings. The van der Waals surface area contributed by atoms with Gasteiger partial charge in [0.15, 0.2) is 11.5 Å². The van der Waals surface area contributed by atoms with Crippen molar-refractivity contribution in [3.05, 3.63) is 64.8 Å². The Balaban J connectivity index is 1.70. The maximum absolute atomic E-state index is 13.8. The van der Waals surface area contributed by atoms with Crippen molar-refractivity contribution in [2.24, 2.45) is 0 Å². The molecule has 11 heteroatoms. The van der Waals surface area contributed by atoms with E-state index in [1.54, 1.807) is 18.2 Å². The third kappa shape index (κ3) is 4.48. The minimum atomic E-state index is -4.94. The van der Waals surface area contributed by atoms with Crippen molar-refractivity contribution in [2.45, 2.75) is 50.0 Å². The van der Waals surface area contributed by atoms with Crippen LogP contribution in [0.25, 0.3) is 10.9 Å². The van der Waals surface area contributed by atoms with Crippen LogP contribution in [-0.2, 0) is 17.1 Å². The summed E-state index contributed by atoms with van der Waals surface area (Å²) in [6.07, 6.45) is -9.16. The first-order valence-electron chi connectivity index (χ1n) is 11.7. The van der Waals surface area contributed by atoms with Gasteiger partial charge in [0.25, 0.3) is 0 Å². The quantitative estimate of drug-likeness (QED) is 0.346. The largest absolute Gasteiger partial charge is 0.493 e. The number of alkyl halides is 6. The average molecular weight is 526 g/mol. The number of hydrogen-bond donors (Lipinski definition) is 0. The normalized spacial score (nSPS) is 22.8. The lowest BCUT2D eigenvalue weighted by atomic mass is 9.91. The highest BCUT2D eigenvalue weighted by atomic mass is 19.4. The molecule has 0 aliphatic carbocycles. The second-order valence-electron chi connectivity index (χ2n) is 9.09. The van der Waals surface area contributed by atoms with Crippen molar-refractivity contribution >= 4 is 10.9 Å². The number of ether oxygens (including phenoxy) is 3. The van der Waals surface area contributed by atoms with E-state index in [2.05, 4.69) is 4.98 Å². The zero-order valence-electron chi connectivity index (χ0n) is 20.0. The van der Waals surface area contributed by atoms with Crippen LogP contribution in [-0.4, -0.2) is 36.7 Å². The van der Waals surface area contributed by atoms with Crippen molar-refractivity contribution < 1.29 is 40.6 Å². The van der Waals surface area contributed by atoms with Crippen LogP contribution in [0.15, 0.2) is 42.5 Å².